The number of H-pyrrole nitrogens is 1. The van der Waals surface area contributed by atoms with Crippen molar-refractivity contribution < 1.29 is 4.79 Å². The molecule has 1 amide bonds. The van der Waals surface area contributed by atoms with Crippen LogP contribution >= 0.6 is 11.3 Å². The highest BCUT2D eigenvalue weighted by Crippen LogP contribution is 2.32. The molecule has 1 aromatic carbocycles. The van der Waals surface area contributed by atoms with Crippen molar-refractivity contribution in [2.24, 2.45) is 0 Å². The Balaban J connectivity index is 1.47. The second-order valence-corrected chi connectivity index (χ2v) is 8.28. The molecule has 128 valence electrons. The number of nitrogens with zero attached hydrogens (tertiary/aromatic N) is 4. The predicted molar refractivity (Wildman–Crippen MR) is 97.8 cm³/mol. The van der Waals surface area contributed by atoms with Gasteiger partial charge in [0.2, 0.25) is 0 Å². The van der Waals surface area contributed by atoms with Gasteiger partial charge < -0.3 is 4.90 Å². The maximum atomic E-state index is 13.0. The lowest BCUT2D eigenvalue weighted by Gasteiger charge is -2.31. The fourth-order valence-corrected chi connectivity index (χ4v) is 4.82. The molecule has 4 heterocycles. The van der Waals surface area contributed by atoms with E-state index in [2.05, 4.69) is 27.1 Å². The number of likely N-dealkylation sites (N-methyl/N-ethyl adjacent to an activating group) is 1. The Labute approximate surface area is 149 Å². The van der Waals surface area contributed by atoms with Crippen molar-refractivity contribution in [1.29, 1.82) is 0 Å². The van der Waals surface area contributed by atoms with Crippen LogP contribution in [0.4, 0.5) is 0 Å². The van der Waals surface area contributed by atoms with Gasteiger partial charge in [-0.1, -0.05) is 6.07 Å². The number of hydrogen-bond donors (Lipinski definition) is 1. The predicted octanol–water partition coefficient (Wildman–Crippen LogP) is 2.52. The van der Waals surface area contributed by atoms with E-state index < -0.39 is 0 Å². The lowest BCUT2D eigenvalue weighted by atomic mass is 10.1. The first kappa shape index (κ1) is 15.0. The Morgan fingerprint density at radius 1 is 1.32 bits per heavy atom. The topological polar surface area (TPSA) is 65.1 Å². The summed E-state index contributed by atoms with van der Waals surface area (Å²) in [4.78, 5) is 23.0. The van der Waals surface area contributed by atoms with Crippen LogP contribution in [0.3, 0.4) is 0 Å². The molecule has 5 rings (SSSR count). The van der Waals surface area contributed by atoms with E-state index >= 15 is 0 Å². The molecule has 25 heavy (non-hydrogen) atoms. The average Bonchev–Trinajstić information content (AvgIpc) is 3.35. The fraction of sp³-hybridized carbons (Fsp3) is 0.389. The Morgan fingerprint density at radius 3 is 2.88 bits per heavy atom. The Hall–Kier alpha value is -2.25. The first-order chi connectivity index (χ1) is 12.1. The first-order valence-corrected chi connectivity index (χ1v) is 9.34. The molecule has 0 spiro atoms. The van der Waals surface area contributed by atoms with Crippen LogP contribution in [-0.2, 0) is 0 Å². The molecular formula is C18H19N5OS. The average molecular weight is 353 g/mol. The third kappa shape index (κ3) is 2.30. The minimum Gasteiger partial charge on any atom is -0.331 e. The van der Waals surface area contributed by atoms with E-state index in [1.807, 2.05) is 36.2 Å². The summed E-state index contributed by atoms with van der Waals surface area (Å²) in [5.74, 6) is 0.0460. The molecule has 2 fully saturated rings. The van der Waals surface area contributed by atoms with Crippen molar-refractivity contribution in [1.82, 2.24) is 25.0 Å². The van der Waals surface area contributed by atoms with E-state index in [9.17, 15) is 4.79 Å². The van der Waals surface area contributed by atoms with Crippen LogP contribution in [0.1, 0.15) is 21.8 Å². The molecule has 0 aliphatic carbocycles. The zero-order valence-corrected chi connectivity index (χ0v) is 15.0. The number of benzene rings is 1. The normalized spacial score (nSPS) is 23.0. The van der Waals surface area contributed by atoms with E-state index in [-0.39, 0.29) is 5.91 Å². The summed E-state index contributed by atoms with van der Waals surface area (Å²) < 4.78 is 0. The van der Waals surface area contributed by atoms with Gasteiger partial charge in [-0.3, -0.25) is 14.8 Å². The van der Waals surface area contributed by atoms with E-state index in [0.29, 0.717) is 17.8 Å². The van der Waals surface area contributed by atoms with Crippen LogP contribution in [0.25, 0.3) is 21.5 Å². The molecule has 3 aromatic rings. The van der Waals surface area contributed by atoms with Crippen LogP contribution in [-0.4, -0.2) is 63.1 Å². The van der Waals surface area contributed by atoms with Gasteiger partial charge in [-0.2, -0.15) is 5.10 Å². The zero-order chi connectivity index (χ0) is 17.1. The van der Waals surface area contributed by atoms with Crippen molar-refractivity contribution in [2.45, 2.75) is 25.4 Å². The van der Waals surface area contributed by atoms with Gasteiger partial charge >= 0.3 is 0 Å². The van der Waals surface area contributed by atoms with Crippen LogP contribution in [0.5, 0.6) is 0 Å². The molecule has 2 atom stereocenters. The van der Waals surface area contributed by atoms with Crippen molar-refractivity contribution in [3.05, 3.63) is 35.0 Å². The molecule has 0 radical (unpaired) electrons. The molecule has 2 aliphatic heterocycles. The van der Waals surface area contributed by atoms with Crippen LogP contribution < -0.4 is 0 Å². The van der Waals surface area contributed by atoms with Gasteiger partial charge in [-0.15, -0.1) is 11.3 Å². The molecular weight excluding hydrogens is 334 g/mol. The van der Waals surface area contributed by atoms with Gasteiger partial charge in [0.15, 0.2) is 5.69 Å². The number of aromatic amines is 1. The van der Waals surface area contributed by atoms with Gasteiger partial charge in [0.25, 0.3) is 5.91 Å². The summed E-state index contributed by atoms with van der Waals surface area (Å²) in [6, 6.07) is 6.86. The quantitative estimate of drug-likeness (QED) is 0.769. The van der Waals surface area contributed by atoms with Gasteiger partial charge in [-0.25, -0.2) is 4.98 Å². The number of thiazole rings is 1. The summed E-state index contributed by atoms with van der Waals surface area (Å²) in [6.07, 6.45) is 2.96. The summed E-state index contributed by atoms with van der Waals surface area (Å²) in [5, 5.41) is 9.24. The molecule has 6 nitrogen and oxygen atoms in total. The number of amides is 1. The van der Waals surface area contributed by atoms with Crippen molar-refractivity contribution >= 4 is 28.1 Å². The number of piperazine rings is 1. The number of hydrogen-bond acceptors (Lipinski definition) is 5. The Morgan fingerprint density at radius 2 is 2.20 bits per heavy atom. The lowest BCUT2D eigenvalue weighted by Crippen LogP contribution is -2.47. The second-order valence-electron chi connectivity index (χ2n) is 7.05. The molecule has 0 saturated carbocycles. The zero-order valence-electron chi connectivity index (χ0n) is 14.2. The van der Waals surface area contributed by atoms with Crippen molar-refractivity contribution in [2.75, 3.05) is 20.1 Å². The largest absolute Gasteiger partial charge is 0.331 e. The van der Waals surface area contributed by atoms with Gasteiger partial charge in [-0.05, 0) is 32.5 Å². The summed E-state index contributed by atoms with van der Waals surface area (Å²) in [5.41, 5.74) is 2.47. The Kier molecular flexibility index (Phi) is 3.23. The molecule has 2 aliphatic rings. The third-order valence-corrected chi connectivity index (χ3v) is 6.37. The van der Waals surface area contributed by atoms with E-state index in [0.717, 1.165) is 41.0 Å². The van der Waals surface area contributed by atoms with E-state index in [1.54, 1.807) is 11.3 Å². The molecule has 1 N–H and O–H groups in total. The van der Waals surface area contributed by atoms with Crippen LogP contribution in [0, 0.1) is 6.92 Å². The van der Waals surface area contributed by atoms with E-state index in [4.69, 9.17) is 0 Å². The molecule has 2 bridgehead atoms. The highest BCUT2D eigenvalue weighted by molar-refractivity contribution is 7.14. The highest BCUT2D eigenvalue weighted by atomic mass is 32.1. The fourth-order valence-electron chi connectivity index (χ4n) is 4.05. The smallest absolute Gasteiger partial charge is 0.275 e. The monoisotopic (exact) mass is 353 g/mol. The molecule has 2 aromatic heterocycles. The highest BCUT2D eigenvalue weighted by Gasteiger charge is 2.44. The maximum absolute atomic E-state index is 13.0. The van der Waals surface area contributed by atoms with Crippen LogP contribution in [0.15, 0.2) is 24.4 Å². The standard InChI is InChI=1S/C18H19N5OS/c1-10-7-19-17(25-10)11-3-4-14-15(5-11)20-21-16(14)18(24)23-9-12-6-13(23)8-22(12)2/h3-5,7,12-13H,6,8-9H2,1-2H3,(H,20,21)/t12-,13-/m0/s1. The number of likely N-dealkylation sites (tertiary alicyclic amines) is 2. The van der Waals surface area contributed by atoms with Crippen LogP contribution in [0.2, 0.25) is 0 Å². The number of nitrogens with one attached hydrogen (secondary N) is 1. The number of aryl methyl sites for hydroxylation is 1. The molecule has 2 saturated heterocycles. The Bertz CT molecular complexity index is 975. The summed E-state index contributed by atoms with van der Waals surface area (Å²) in [6.45, 7) is 3.82. The third-order valence-electron chi connectivity index (χ3n) is 5.41. The summed E-state index contributed by atoms with van der Waals surface area (Å²) >= 11 is 1.67. The number of carbonyl (C=O) groups is 1. The first-order valence-electron chi connectivity index (χ1n) is 8.52. The SMILES string of the molecule is Cc1cnc(-c2ccc3c(C(=O)N4C[C@@H]5C[C@H]4CN5C)n[nH]c3c2)s1. The van der Waals surface area contributed by atoms with Crippen molar-refractivity contribution in [3.8, 4) is 10.6 Å². The minimum atomic E-state index is 0.0460. The van der Waals surface area contributed by atoms with Crippen molar-refractivity contribution in [3.63, 3.8) is 0 Å². The van der Waals surface area contributed by atoms with E-state index in [1.165, 1.54) is 4.88 Å². The number of carbonyl (C=O) groups excluding carboxylic acids is 1. The summed E-state index contributed by atoms with van der Waals surface area (Å²) in [7, 11) is 2.14. The molecule has 7 heteroatoms. The maximum Gasteiger partial charge on any atom is 0.275 e. The number of fused-ring (bicyclic) bond motifs is 3. The van der Waals surface area contributed by atoms with Gasteiger partial charge in [0, 0.05) is 47.2 Å². The molecule has 0 unspecified atom stereocenters. The lowest BCUT2D eigenvalue weighted by molar-refractivity contribution is 0.0646. The number of aromatic nitrogens is 3. The minimum absolute atomic E-state index is 0.0460. The van der Waals surface area contributed by atoms with Gasteiger partial charge in [0.05, 0.1) is 5.52 Å². The van der Waals surface area contributed by atoms with Gasteiger partial charge in [0.1, 0.15) is 5.01 Å². The second kappa shape index (κ2) is 5.37. The number of rotatable bonds is 2.